The molecule has 1 N–H and O–H groups in total. The highest BCUT2D eigenvalue weighted by Gasteiger charge is 2.11. The summed E-state index contributed by atoms with van der Waals surface area (Å²) in [4.78, 5) is 0. The molecule has 3 nitrogen and oxygen atoms in total. The largest absolute Gasteiger partial charge is 0.494 e. The molecule has 0 aromatic heterocycles. The van der Waals surface area contributed by atoms with Gasteiger partial charge in [0.05, 0.1) is 13.2 Å². The summed E-state index contributed by atoms with van der Waals surface area (Å²) in [5.74, 6) is 2.29. The van der Waals surface area contributed by atoms with Crippen molar-refractivity contribution in [3.63, 3.8) is 0 Å². The number of nitrogens with one attached hydrogen (secondary N) is 1. The summed E-state index contributed by atoms with van der Waals surface area (Å²) in [6, 6.07) is 8.01. The molecule has 0 bridgehead atoms. The maximum absolute atomic E-state index is 5.84. The first-order valence-electron chi connectivity index (χ1n) is 7.69. The molecule has 1 rings (SSSR count). The Morgan fingerprint density at radius 2 is 2.05 bits per heavy atom. The first-order chi connectivity index (χ1) is 10.1. The lowest BCUT2D eigenvalue weighted by Crippen LogP contribution is -2.28. The van der Waals surface area contributed by atoms with Crippen LogP contribution in [0.3, 0.4) is 0 Å². The van der Waals surface area contributed by atoms with Crippen LogP contribution in [0.2, 0.25) is 0 Å². The molecule has 1 aromatic carbocycles. The van der Waals surface area contributed by atoms with Crippen LogP contribution in [0, 0.1) is 11.8 Å². The van der Waals surface area contributed by atoms with Crippen molar-refractivity contribution in [1.82, 2.24) is 5.32 Å². The van der Waals surface area contributed by atoms with Crippen molar-refractivity contribution < 1.29 is 9.47 Å². The van der Waals surface area contributed by atoms with E-state index in [-0.39, 0.29) is 0 Å². The van der Waals surface area contributed by atoms with Gasteiger partial charge in [-0.3, -0.25) is 0 Å². The molecule has 1 aromatic rings. The van der Waals surface area contributed by atoms with E-state index < -0.39 is 0 Å². The van der Waals surface area contributed by atoms with Crippen molar-refractivity contribution in [2.24, 2.45) is 11.8 Å². The SMILES string of the molecule is COCCNCC(CCOc1cccc(Br)c1)CC(C)C. The van der Waals surface area contributed by atoms with E-state index in [9.17, 15) is 0 Å². The molecule has 0 spiro atoms. The molecule has 0 radical (unpaired) electrons. The third-order valence-corrected chi connectivity index (χ3v) is 3.80. The second-order valence-electron chi connectivity index (χ2n) is 5.79. The molecule has 4 heteroatoms. The van der Waals surface area contributed by atoms with E-state index in [0.29, 0.717) is 11.8 Å². The smallest absolute Gasteiger partial charge is 0.120 e. The van der Waals surface area contributed by atoms with Crippen LogP contribution in [0.1, 0.15) is 26.7 Å². The summed E-state index contributed by atoms with van der Waals surface area (Å²) in [5.41, 5.74) is 0. The molecule has 0 heterocycles. The molecule has 0 saturated heterocycles. The number of methoxy groups -OCH3 is 1. The molecule has 0 amide bonds. The summed E-state index contributed by atoms with van der Waals surface area (Å²) >= 11 is 3.46. The van der Waals surface area contributed by atoms with Gasteiger partial charge in [-0.05, 0) is 49.4 Å². The first kappa shape index (κ1) is 18.5. The van der Waals surface area contributed by atoms with Gasteiger partial charge in [0.2, 0.25) is 0 Å². The van der Waals surface area contributed by atoms with E-state index in [4.69, 9.17) is 9.47 Å². The monoisotopic (exact) mass is 357 g/mol. The lowest BCUT2D eigenvalue weighted by Gasteiger charge is -2.20. The Kier molecular flexibility index (Phi) is 9.72. The van der Waals surface area contributed by atoms with Gasteiger partial charge in [-0.2, -0.15) is 0 Å². The summed E-state index contributed by atoms with van der Waals surface area (Å²) in [7, 11) is 1.74. The van der Waals surface area contributed by atoms with Gasteiger partial charge in [0, 0.05) is 18.1 Å². The molecule has 21 heavy (non-hydrogen) atoms. The van der Waals surface area contributed by atoms with Crippen LogP contribution in [0.15, 0.2) is 28.7 Å². The van der Waals surface area contributed by atoms with Gasteiger partial charge in [0.1, 0.15) is 5.75 Å². The van der Waals surface area contributed by atoms with E-state index in [1.54, 1.807) is 7.11 Å². The van der Waals surface area contributed by atoms with Crippen molar-refractivity contribution in [1.29, 1.82) is 0 Å². The van der Waals surface area contributed by atoms with Gasteiger partial charge in [-0.1, -0.05) is 35.8 Å². The molecule has 0 fully saturated rings. The lowest BCUT2D eigenvalue weighted by molar-refractivity contribution is 0.194. The molecular weight excluding hydrogens is 330 g/mol. The van der Waals surface area contributed by atoms with E-state index in [0.717, 1.165) is 42.9 Å². The van der Waals surface area contributed by atoms with Crippen LogP contribution >= 0.6 is 15.9 Å². The Balaban J connectivity index is 2.30. The molecule has 1 atom stereocenters. The standard InChI is InChI=1S/C17H28BrNO2/c1-14(2)11-15(13-19-8-10-20-3)7-9-21-17-6-4-5-16(18)12-17/h4-6,12,14-15,19H,7-11,13H2,1-3H3. The molecule has 0 aliphatic carbocycles. The van der Waals surface area contributed by atoms with Crippen molar-refractivity contribution in [2.75, 3.05) is 33.4 Å². The molecule has 120 valence electrons. The molecule has 0 aliphatic heterocycles. The number of hydrogen-bond acceptors (Lipinski definition) is 3. The van der Waals surface area contributed by atoms with Crippen LogP contribution < -0.4 is 10.1 Å². The molecule has 0 saturated carbocycles. The zero-order valence-corrected chi connectivity index (χ0v) is 15.0. The number of rotatable bonds is 11. The highest BCUT2D eigenvalue weighted by Crippen LogP contribution is 2.19. The number of ether oxygens (including phenoxy) is 2. The number of benzene rings is 1. The Morgan fingerprint density at radius 3 is 2.71 bits per heavy atom. The highest BCUT2D eigenvalue weighted by atomic mass is 79.9. The minimum atomic E-state index is 0.647. The van der Waals surface area contributed by atoms with Gasteiger partial charge in [0.25, 0.3) is 0 Å². The van der Waals surface area contributed by atoms with Gasteiger partial charge < -0.3 is 14.8 Å². The van der Waals surface area contributed by atoms with E-state index in [2.05, 4.69) is 35.1 Å². The topological polar surface area (TPSA) is 30.5 Å². The summed E-state index contributed by atoms with van der Waals surface area (Å²) in [6.45, 7) is 8.03. The van der Waals surface area contributed by atoms with Crippen LogP contribution in [-0.4, -0.2) is 33.4 Å². The van der Waals surface area contributed by atoms with E-state index in [1.807, 2.05) is 24.3 Å². The fourth-order valence-electron chi connectivity index (χ4n) is 2.35. The van der Waals surface area contributed by atoms with Gasteiger partial charge in [-0.15, -0.1) is 0 Å². The fraction of sp³-hybridized carbons (Fsp3) is 0.647. The Labute approximate surface area is 137 Å². The van der Waals surface area contributed by atoms with Gasteiger partial charge >= 0.3 is 0 Å². The fourth-order valence-corrected chi connectivity index (χ4v) is 2.73. The van der Waals surface area contributed by atoms with Gasteiger partial charge in [0.15, 0.2) is 0 Å². The summed E-state index contributed by atoms with van der Waals surface area (Å²) < 4.78 is 12.0. The average Bonchev–Trinajstić information content (AvgIpc) is 2.43. The maximum atomic E-state index is 5.84. The Bertz CT molecular complexity index is 385. The summed E-state index contributed by atoms with van der Waals surface area (Å²) in [5, 5.41) is 3.46. The highest BCUT2D eigenvalue weighted by molar-refractivity contribution is 9.10. The van der Waals surface area contributed by atoms with Crippen LogP contribution in [0.25, 0.3) is 0 Å². The second kappa shape index (κ2) is 11.0. The third-order valence-electron chi connectivity index (χ3n) is 3.31. The van der Waals surface area contributed by atoms with Crippen molar-refractivity contribution in [3.05, 3.63) is 28.7 Å². The van der Waals surface area contributed by atoms with Gasteiger partial charge in [-0.25, -0.2) is 0 Å². The van der Waals surface area contributed by atoms with E-state index in [1.165, 1.54) is 6.42 Å². The quantitative estimate of drug-likeness (QED) is 0.604. The number of hydrogen-bond donors (Lipinski definition) is 1. The van der Waals surface area contributed by atoms with Crippen molar-refractivity contribution in [3.8, 4) is 5.75 Å². The van der Waals surface area contributed by atoms with Crippen LogP contribution in [0.4, 0.5) is 0 Å². The van der Waals surface area contributed by atoms with E-state index >= 15 is 0 Å². The Morgan fingerprint density at radius 1 is 1.24 bits per heavy atom. The minimum Gasteiger partial charge on any atom is -0.494 e. The second-order valence-corrected chi connectivity index (χ2v) is 6.70. The van der Waals surface area contributed by atoms with Crippen LogP contribution in [-0.2, 0) is 4.74 Å². The lowest BCUT2D eigenvalue weighted by atomic mass is 9.94. The molecule has 0 aliphatic rings. The van der Waals surface area contributed by atoms with Crippen molar-refractivity contribution in [2.45, 2.75) is 26.7 Å². The Hall–Kier alpha value is -0.580. The van der Waals surface area contributed by atoms with Crippen molar-refractivity contribution >= 4 is 15.9 Å². The normalized spacial score (nSPS) is 12.6. The maximum Gasteiger partial charge on any atom is 0.120 e. The zero-order valence-electron chi connectivity index (χ0n) is 13.4. The predicted molar refractivity (Wildman–Crippen MR) is 91.9 cm³/mol. The zero-order chi connectivity index (χ0) is 15.5. The average molecular weight is 358 g/mol. The predicted octanol–water partition coefficient (Wildman–Crippen LogP) is 4.12. The number of halogens is 1. The first-order valence-corrected chi connectivity index (χ1v) is 8.49. The summed E-state index contributed by atoms with van der Waals surface area (Å²) in [6.07, 6.45) is 2.30. The molecular formula is C17H28BrNO2. The third kappa shape index (κ3) is 9.12. The minimum absolute atomic E-state index is 0.647. The van der Waals surface area contributed by atoms with Crippen LogP contribution in [0.5, 0.6) is 5.75 Å². The molecule has 1 unspecified atom stereocenters.